The zero-order valence-corrected chi connectivity index (χ0v) is 17.1. The Morgan fingerprint density at radius 1 is 1.22 bits per heavy atom. The van der Waals surface area contributed by atoms with Gasteiger partial charge in [0.1, 0.15) is 13.2 Å². The Bertz CT molecular complexity index is 790. The Hall–Kier alpha value is -1.76. The molecular weight excluding hydrogens is 366 g/mol. The van der Waals surface area contributed by atoms with Crippen LogP contribution in [-0.4, -0.2) is 56.5 Å². The smallest absolute Gasteiger partial charge is 0.223 e. The summed E-state index contributed by atoms with van der Waals surface area (Å²) in [5.74, 6) is 2.06. The van der Waals surface area contributed by atoms with E-state index in [1.54, 1.807) is 4.90 Å². The quantitative estimate of drug-likeness (QED) is 0.740. The van der Waals surface area contributed by atoms with Gasteiger partial charge in [0, 0.05) is 19.0 Å². The van der Waals surface area contributed by atoms with Gasteiger partial charge >= 0.3 is 0 Å². The van der Waals surface area contributed by atoms with Gasteiger partial charge in [0.25, 0.3) is 0 Å². The van der Waals surface area contributed by atoms with Gasteiger partial charge in [-0.05, 0) is 42.9 Å². The Balaban J connectivity index is 1.76. The van der Waals surface area contributed by atoms with E-state index < -0.39 is 9.84 Å². The number of benzene rings is 1. The van der Waals surface area contributed by atoms with Crippen molar-refractivity contribution in [2.75, 3.05) is 31.3 Å². The molecule has 2 aliphatic rings. The third kappa shape index (κ3) is 4.57. The molecule has 0 radical (unpaired) electrons. The Morgan fingerprint density at radius 3 is 2.52 bits per heavy atom. The van der Waals surface area contributed by atoms with E-state index in [4.69, 9.17) is 9.47 Å². The van der Waals surface area contributed by atoms with E-state index in [0.717, 1.165) is 17.1 Å². The summed E-state index contributed by atoms with van der Waals surface area (Å²) in [4.78, 5) is 14.8. The molecule has 2 heterocycles. The molecule has 0 N–H and O–H groups in total. The lowest BCUT2D eigenvalue weighted by atomic mass is 9.85. The second kappa shape index (κ2) is 8.09. The van der Waals surface area contributed by atoms with Crippen molar-refractivity contribution in [3.63, 3.8) is 0 Å². The van der Waals surface area contributed by atoms with E-state index in [1.807, 2.05) is 25.1 Å². The number of nitrogens with zero attached hydrogens (tertiary/aromatic N) is 1. The number of hydrogen-bond donors (Lipinski definition) is 0. The fraction of sp³-hybridized carbons (Fsp3) is 0.650. The molecule has 1 aromatic rings. The van der Waals surface area contributed by atoms with E-state index >= 15 is 0 Å². The van der Waals surface area contributed by atoms with Gasteiger partial charge in [-0.25, -0.2) is 8.42 Å². The van der Waals surface area contributed by atoms with E-state index in [2.05, 4.69) is 13.8 Å². The molecule has 150 valence electrons. The molecule has 3 rings (SSSR count). The third-order valence-corrected chi connectivity index (χ3v) is 7.25. The standard InChI is InChI=1S/C20H29NO5S/c1-4-21(16-7-10-27(23,24)13-16)20(22)12-17(14(2)3)15-5-6-18-19(11-15)26-9-8-25-18/h5-6,11,14,16-17H,4,7-10,12-13H2,1-3H3. The summed E-state index contributed by atoms with van der Waals surface area (Å²) in [6.07, 6.45) is 0.903. The minimum atomic E-state index is -3.02. The lowest BCUT2D eigenvalue weighted by Crippen LogP contribution is -2.41. The minimum Gasteiger partial charge on any atom is -0.486 e. The van der Waals surface area contributed by atoms with Crippen LogP contribution in [0.1, 0.15) is 45.1 Å². The Kier molecular flexibility index (Phi) is 5.99. The normalized spacial score (nSPS) is 21.9. The molecule has 6 nitrogen and oxygen atoms in total. The van der Waals surface area contributed by atoms with Crippen molar-refractivity contribution in [1.82, 2.24) is 4.90 Å². The molecule has 1 saturated heterocycles. The van der Waals surface area contributed by atoms with Crippen LogP contribution >= 0.6 is 0 Å². The monoisotopic (exact) mass is 395 g/mol. The van der Waals surface area contributed by atoms with Gasteiger partial charge in [0.2, 0.25) is 5.91 Å². The number of carbonyl (C=O) groups is 1. The first-order valence-electron chi connectivity index (χ1n) is 9.70. The summed E-state index contributed by atoms with van der Waals surface area (Å²) in [7, 11) is -3.02. The fourth-order valence-electron chi connectivity index (χ4n) is 3.99. The Labute approximate surface area is 161 Å². The molecule has 1 fully saturated rings. The number of rotatable bonds is 6. The number of hydrogen-bond acceptors (Lipinski definition) is 5. The summed E-state index contributed by atoms with van der Waals surface area (Å²) in [6, 6.07) is 5.69. The highest BCUT2D eigenvalue weighted by atomic mass is 32.2. The highest BCUT2D eigenvalue weighted by Crippen LogP contribution is 2.37. The maximum atomic E-state index is 13.0. The van der Waals surface area contributed by atoms with Gasteiger partial charge in [-0.1, -0.05) is 19.9 Å². The molecule has 2 atom stereocenters. The van der Waals surface area contributed by atoms with Crippen LogP contribution < -0.4 is 9.47 Å². The van der Waals surface area contributed by atoms with Crippen LogP contribution in [-0.2, 0) is 14.6 Å². The first kappa shape index (κ1) is 20.0. The van der Waals surface area contributed by atoms with Crippen LogP contribution in [0, 0.1) is 5.92 Å². The number of sulfone groups is 1. The van der Waals surface area contributed by atoms with Gasteiger partial charge in [-0.2, -0.15) is 0 Å². The number of fused-ring (bicyclic) bond motifs is 1. The molecular formula is C20H29NO5S. The molecule has 27 heavy (non-hydrogen) atoms. The Morgan fingerprint density at radius 2 is 1.93 bits per heavy atom. The predicted molar refractivity (Wildman–Crippen MR) is 104 cm³/mol. The van der Waals surface area contributed by atoms with Gasteiger partial charge in [-0.15, -0.1) is 0 Å². The van der Waals surface area contributed by atoms with E-state index in [9.17, 15) is 13.2 Å². The average molecular weight is 396 g/mol. The van der Waals surface area contributed by atoms with E-state index in [0.29, 0.717) is 32.6 Å². The third-order valence-electron chi connectivity index (χ3n) is 5.50. The lowest BCUT2D eigenvalue weighted by Gasteiger charge is -2.30. The van der Waals surface area contributed by atoms with Crippen LogP contribution in [0.15, 0.2) is 18.2 Å². The van der Waals surface area contributed by atoms with Gasteiger partial charge in [-0.3, -0.25) is 4.79 Å². The topological polar surface area (TPSA) is 72.9 Å². The molecule has 1 amide bonds. The van der Waals surface area contributed by atoms with Crippen molar-refractivity contribution >= 4 is 15.7 Å². The van der Waals surface area contributed by atoms with Crippen LogP contribution in [0.2, 0.25) is 0 Å². The minimum absolute atomic E-state index is 0.0215. The molecule has 0 aliphatic carbocycles. The molecule has 1 aromatic carbocycles. The number of carbonyl (C=O) groups excluding carboxylic acids is 1. The maximum absolute atomic E-state index is 13.0. The predicted octanol–water partition coefficient (Wildman–Crippen LogP) is 2.62. The summed E-state index contributed by atoms with van der Waals surface area (Å²) in [5.41, 5.74) is 1.05. The van der Waals surface area contributed by atoms with Crippen molar-refractivity contribution < 1.29 is 22.7 Å². The van der Waals surface area contributed by atoms with Crippen molar-refractivity contribution in [1.29, 1.82) is 0 Å². The molecule has 0 bridgehead atoms. The van der Waals surface area contributed by atoms with Crippen molar-refractivity contribution in [2.24, 2.45) is 5.92 Å². The van der Waals surface area contributed by atoms with Crippen molar-refractivity contribution in [3.8, 4) is 11.5 Å². The largest absolute Gasteiger partial charge is 0.486 e. The average Bonchev–Trinajstić information content (AvgIpc) is 2.99. The first-order chi connectivity index (χ1) is 12.8. The van der Waals surface area contributed by atoms with Crippen LogP contribution in [0.25, 0.3) is 0 Å². The molecule has 0 spiro atoms. The zero-order valence-electron chi connectivity index (χ0n) is 16.3. The fourth-order valence-corrected chi connectivity index (χ4v) is 5.72. The first-order valence-corrected chi connectivity index (χ1v) is 11.5. The van der Waals surface area contributed by atoms with E-state index in [1.165, 1.54) is 0 Å². The SMILES string of the molecule is CCN(C(=O)CC(c1ccc2c(c1)OCCO2)C(C)C)C1CCS(=O)(=O)C1. The highest BCUT2D eigenvalue weighted by molar-refractivity contribution is 7.91. The van der Waals surface area contributed by atoms with Gasteiger partial charge in [0.05, 0.1) is 11.5 Å². The highest BCUT2D eigenvalue weighted by Gasteiger charge is 2.35. The zero-order chi connectivity index (χ0) is 19.6. The molecule has 0 saturated carbocycles. The second-order valence-electron chi connectivity index (χ2n) is 7.69. The molecule has 7 heteroatoms. The van der Waals surface area contributed by atoms with Crippen LogP contribution in [0.5, 0.6) is 11.5 Å². The number of ether oxygens (including phenoxy) is 2. The second-order valence-corrected chi connectivity index (χ2v) is 9.92. The summed E-state index contributed by atoms with van der Waals surface area (Å²) < 4.78 is 34.9. The van der Waals surface area contributed by atoms with Crippen molar-refractivity contribution in [3.05, 3.63) is 23.8 Å². The summed E-state index contributed by atoms with van der Waals surface area (Å²) in [5, 5.41) is 0. The van der Waals surface area contributed by atoms with Gasteiger partial charge < -0.3 is 14.4 Å². The molecule has 2 aliphatic heterocycles. The van der Waals surface area contributed by atoms with Crippen molar-refractivity contribution in [2.45, 2.75) is 45.6 Å². The number of amides is 1. The van der Waals surface area contributed by atoms with Crippen LogP contribution in [0.3, 0.4) is 0 Å². The van der Waals surface area contributed by atoms with Crippen LogP contribution in [0.4, 0.5) is 0 Å². The lowest BCUT2D eigenvalue weighted by molar-refractivity contribution is -0.133. The summed E-state index contributed by atoms with van der Waals surface area (Å²) in [6.45, 7) is 7.73. The van der Waals surface area contributed by atoms with Gasteiger partial charge in [0.15, 0.2) is 21.3 Å². The molecule has 0 aromatic heterocycles. The molecule has 2 unspecified atom stereocenters. The van der Waals surface area contributed by atoms with E-state index in [-0.39, 0.29) is 35.3 Å². The maximum Gasteiger partial charge on any atom is 0.223 e. The summed E-state index contributed by atoms with van der Waals surface area (Å²) >= 11 is 0.